The van der Waals surface area contributed by atoms with Gasteiger partial charge in [0.15, 0.2) is 0 Å². The first-order valence-electron chi connectivity index (χ1n) is 6.29. The van der Waals surface area contributed by atoms with Crippen molar-refractivity contribution < 1.29 is 9.47 Å². The van der Waals surface area contributed by atoms with Gasteiger partial charge in [0.25, 0.3) is 0 Å². The standard InChI is InChI=1S/C15H16N2O2.H3N/c1-18-15-12(5-3-7-17-15)11-4-2-6-14-13(11)8-10(16)9-19-14;/h2-7,10H,8-9,16H2,1H3;1H3/t10-;/m0./s1. The van der Waals surface area contributed by atoms with Crippen LogP contribution in [0, 0.1) is 0 Å². The second kappa shape index (κ2) is 5.90. The van der Waals surface area contributed by atoms with Crippen LogP contribution < -0.4 is 21.4 Å². The normalized spacial score (nSPS) is 16.6. The van der Waals surface area contributed by atoms with Crippen LogP contribution in [0.15, 0.2) is 36.5 Å². The average molecular weight is 273 g/mol. The zero-order valence-corrected chi connectivity index (χ0v) is 11.5. The van der Waals surface area contributed by atoms with Crippen molar-refractivity contribution in [3.8, 4) is 22.8 Å². The number of rotatable bonds is 2. The van der Waals surface area contributed by atoms with Crippen molar-refractivity contribution in [2.24, 2.45) is 5.73 Å². The summed E-state index contributed by atoms with van der Waals surface area (Å²) in [4.78, 5) is 4.25. The van der Waals surface area contributed by atoms with Crippen LogP contribution in [0.1, 0.15) is 5.56 Å². The lowest BCUT2D eigenvalue weighted by molar-refractivity contribution is 0.264. The second-order valence-corrected chi connectivity index (χ2v) is 4.62. The number of hydrogen-bond donors (Lipinski definition) is 2. The summed E-state index contributed by atoms with van der Waals surface area (Å²) in [6, 6.07) is 9.96. The molecule has 1 aliphatic heterocycles. The van der Waals surface area contributed by atoms with E-state index in [1.165, 1.54) is 0 Å². The molecule has 2 heterocycles. The Kier molecular flexibility index (Phi) is 4.22. The maximum atomic E-state index is 6.00. The summed E-state index contributed by atoms with van der Waals surface area (Å²) in [6.45, 7) is 0.570. The summed E-state index contributed by atoms with van der Waals surface area (Å²) in [5.74, 6) is 1.53. The van der Waals surface area contributed by atoms with Gasteiger partial charge < -0.3 is 21.4 Å². The molecular weight excluding hydrogens is 254 g/mol. The van der Waals surface area contributed by atoms with Gasteiger partial charge in [0.2, 0.25) is 5.88 Å². The largest absolute Gasteiger partial charge is 0.492 e. The molecular formula is C15H19N3O2. The first kappa shape index (κ1) is 14.3. The van der Waals surface area contributed by atoms with E-state index in [1.807, 2.05) is 24.3 Å². The molecule has 0 aliphatic carbocycles. The Morgan fingerprint density at radius 3 is 2.85 bits per heavy atom. The number of benzene rings is 1. The number of nitrogens with two attached hydrogens (primary N) is 1. The molecule has 0 amide bonds. The molecule has 20 heavy (non-hydrogen) atoms. The van der Waals surface area contributed by atoms with Gasteiger partial charge in [-0.3, -0.25) is 0 Å². The zero-order valence-electron chi connectivity index (χ0n) is 11.5. The van der Waals surface area contributed by atoms with E-state index in [0.717, 1.165) is 28.9 Å². The summed E-state index contributed by atoms with van der Waals surface area (Å²) < 4.78 is 11.0. The van der Waals surface area contributed by atoms with Crippen molar-refractivity contribution >= 4 is 0 Å². The molecule has 3 rings (SSSR count). The van der Waals surface area contributed by atoms with Crippen molar-refractivity contribution in [1.29, 1.82) is 0 Å². The molecule has 0 fully saturated rings. The van der Waals surface area contributed by atoms with Crippen LogP contribution in [0.3, 0.4) is 0 Å². The highest BCUT2D eigenvalue weighted by atomic mass is 16.5. The molecule has 0 radical (unpaired) electrons. The minimum absolute atomic E-state index is 0. The van der Waals surface area contributed by atoms with E-state index in [0.29, 0.717) is 12.5 Å². The molecule has 0 unspecified atom stereocenters. The Labute approximate surface area is 118 Å². The fourth-order valence-electron chi connectivity index (χ4n) is 2.44. The van der Waals surface area contributed by atoms with Gasteiger partial charge in [-0.25, -0.2) is 4.98 Å². The van der Waals surface area contributed by atoms with Crippen molar-refractivity contribution in [3.05, 3.63) is 42.1 Å². The molecule has 2 aromatic rings. The fraction of sp³-hybridized carbons (Fsp3) is 0.267. The molecule has 106 valence electrons. The molecule has 5 N–H and O–H groups in total. The summed E-state index contributed by atoms with van der Waals surface area (Å²) in [5.41, 5.74) is 9.18. The third-order valence-electron chi connectivity index (χ3n) is 3.31. The topological polar surface area (TPSA) is 92.4 Å². The highest BCUT2D eigenvalue weighted by Gasteiger charge is 2.21. The van der Waals surface area contributed by atoms with Gasteiger partial charge in [-0.05, 0) is 30.2 Å². The van der Waals surface area contributed by atoms with E-state index in [2.05, 4.69) is 11.1 Å². The SMILES string of the molecule is COc1ncccc1-c1cccc2c1C[C@H](N)CO2.N. The van der Waals surface area contributed by atoms with Gasteiger partial charge in [0, 0.05) is 23.4 Å². The summed E-state index contributed by atoms with van der Waals surface area (Å²) in [5, 5.41) is 0. The minimum atomic E-state index is 0. The molecule has 0 spiro atoms. The first-order chi connectivity index (χ1) is 9.29. The van der Waals surface area contributed by atoms with Crippen molar-refractivity contribution in [1.82, 2.24) is 11.1 Å². The number of fused-ring (bicyclic) bond motifs is 1. The molecule has 0 saturated carbocycles. The van der Waals surface area contributed by atoms with Crippen molar-refractivity contribution in [2.45, 2.75) is 12.5 Å². The highest BCUT2D eigenvalue weighted by Crippen LogP contribution is 2.37. The number of aromatic nitrogens is 1. The van der Waals surface area contributed by atoms with Crippen LogP contribution >= 0.6 is 0 Å². The third-order valence-corrected chi connectivity index (χ3v) is 3.31. The van der Waals surface area contributed by atoms with Crippen LogP contribution in [0.4, 0.5) is 0 Å². The number of nitrogens with zero attached hydrogens (tertiary/aromatic N) is 1. The molecule has 1 aliphatic rings. The van der Waals surface area contributed by atoms with Crippen molar-refractivity contribution in [2.75, 3.05) is 13.7 Å². The zero-order chi connectivity index (χ0) is 13.2. The quantitative estimate of drug-likeness (QED) is 0.874. The number of pyridine rings is 1. The molecule has 1 atom stereocenters. The summed E-state index contributed by atoms with van der Waals surface area (Å²) >= 11 is 0. The molecule has 5 heteroatoms. The Morgan fingerprint density at radius 1 is 1.25 bits per heavy atom. The van der Waals surface area contributed by atoms with Gasteiger partial charge in [-0.15, -0.1) is 0 Å². The Morgan fingerprint density at radius 2 is 2.05 bits per heavy atom. The van der Waals surface area contributed by atoms with Gasteiger partial charge in [0.1, 0.15) is 12.4 Å². The van der Waals surface area contributed by atoms with Gasteiger partial charge in [0.05, 0.1) is 7.11 Å². The highest BCUT2D eigenvalue weighted by molar-refractivity contribution is 5.74. The minimum Gasteiger partial charge on any atom is -0.492 e. The van der Waals surface area contributed by atoms with Crippen LogP contribution in [0.25, 0.3) is 11.1 Å². The average Bonchev–Trinajstić information content (AvgIpc) is 2.46. The maximum Gasteiger partial charge on any atom is 0.221 e. The van der Waals surface area contributed by atoms with Crippen LogP contribution in [0.2, 0.25) is 0 Å². The van der Waals surface area contributed by atoms with E-state index in [4.69, 9.17) is 15.2 Å². The van der Waals surface area contributed by atoms with E-state index in [1.54, 1.807) is 13.3 Å². The Bertz CT molecular complexity index is 601. The predicted molar refractivity (Wildman–Crippen MR) is 78.4 cm³/mol. The van der Waals surface area contributed by atoms with Gasteiger partial charge in [-0.1, -0.05) is 12.1 Å². The lowest BCUT2D eigenvalue weighted by Crippen LogP contribution is -2.34. The molecule has 1 aromatic carbocycles. The lowest BCUT2D eigenvalue weighted by atomic mass is 9.93. The van der Waals surface area contributed by atoms with Crippen LogP contribution in [-0.2, 0) is 6.42 Å². The molecule has 1 aromatic heterocycles. The monoisotopic (exact) mass is 273 g/mol. The third kappa shape index (κ3) is 2.45. The van der Waals surface area contributed by atoms with Crippen LogP contribution in [0.5, 0.6) is 11.6 Å². The maximum absolute atomic E-state index is 6.00. The number of methoxy groups -OCH3 is 1. The summed E-state index contributed by atoms with van der Waals surface area (Å²) in [7, 11) is 1.63. The second-order valence-electron chi connectivity index (χ2n) is 4.62. The van der Waals surface area contributed by atoms with Crippen LogP contribution in [-0.4, -0.2) is 24.7 Å². The molecule has 0 bridgehead atoms. The first-order valence-corrected chi connectivity index (χ1v) is 6.29. The number of ether oxygens (including phenoxy) is 2. The predicted octanol–water partition coefficient (Wildman–Crippen LogP) is 2.18. The van der Waals surface area contributed by atoms with Gasteiger partial charge >= 0.3 is 0 Å². The molecule has 0 saturated heterocycles. The van der Waals surface area contributed by atoms with Gasteiger partial charge in [-0.2, -0.15) is 0 Å². The smallest absolute Gasteiger partial charge is 0.221 e. The lowest BCUT2D eigenvalue weighted by Gasteiger charge is -2.25. The van der Waals surface area contributed by atoms with E-state index in [9.17, 15) is 0 Å². The van der Waals surface area contributed by atoms with E-state index < -0.39 is 0 Å². The Balaban J connectivity index is 0.00000147. The Hall–Kier alpha value is -2.11. The van der Waals surface area contributed by atoms with E-state index >= 15 is 0 Å². The number of hydrogen-bond acceptors (Lipinski definition) is 5. The molecule has 5 nitrogen and oxygen atoms in total. The van der Waals surface area contributed by atoms with Crippen molar-refractivity contribution in [3.63, 3.8) is 0 Å². The van der Waals surface area contributed by atoms with E-state index in [-0.39, 0.29) is 12.2 Å². The summed E-state index contributed by atoms with van der Waals surface area (Å²) in [6.07, 6.45) is 2.53. The fourth-order valence-corrected chi connectivity index (χ4v) is 2.44.